The summed E-state index contributed by atoms with van der Waals surface area (Å²) in [5.74, 6) is 0. The average molecular weight is 210 g/mol. The van der Waals surface area contributed by atoms with E-state index < -0.39 is 0 Å². The van der Waals surface area contributed by atoms with Gasteiger partial charge < -0.3 is 0 Å². The standard InChI is InChI=1S/C16H18/c1-5-6-14-12(3)10-13(4)15-8-7-11(2)9-16(14)15/h5-10H,1-4H3/b6-5-. The summed E-state index contributed by atoms with van der Waals surface area (Å²) in [6, 6.07) is 8.97. The SMILES string of the molecule is C/C=C\c1c(C)cc(C)c2ccc(C)cc12. The van der Waals surface area contributed by atoms with E-state index in [-0.39, 0.29) is 0 Å². The van der Waals surface area contributed by atoms with E-state index in [1.165, 1.54) is 33.0 Å². The first-order valence-electron chi connectivity index (χ1n) is 5.76. The Balaban J connectivity index is 2.91. The van der Waals surface area contributed by atoms with E-state index in [2.05, 4.69) is 64.1 Å². The molecule has 82 valence electrons. The molecule has 16 heavy (non-hydrogen) atoms. The Bertz CT molecular complexity index is 560. The third-order valence-electron chi connectivity index (χ3n) is 3.08. The summed E-state index contributed by atoms with van der Waals surface area (Å²) in [7, 11) is 0. The number of aryl methyl sites for hydroxylation is 3. The first-order chi connectivity index (χ1) is 7.63. The molecule has 0 aliphatic heterocycles. The third kappa shape index (κ3) is 1.76. The lowest BCUT2D eigenvalue weighted by Crippen LogP contribution is -1.88. The maximum atomic E-state index is 2.28. The number of rotatable bonds is 1. The van der Waals surface area contributed by atoms with Crippen LogP contribution >= 0.6 is 0 Å². The second-order valence-electron chi connectivity index (χ2n) is 4.47. The van der Waals surface area contributed by atoms with Gasteiger partial charge in [-0.3, -0.25) is 0 Å². The van der Waals surface area contributed by atoms with Gasteiger partial charge in [0, 0.05) is 0 Å². The highest BCUT2D eigenvalue weighted by molar-refractivity contribution is 5.94. The largest absolute Gasteiger partial charge is 0.0870 e. The maximum Gasteiger partial charge on any atom is -0.0104 e. The molecule has 0 saturated carbocycles. The van der Waals surface area contributed by atoms with Crippen molar-refractivity contribution >= 4 is 16.8 Å². The zero-order chi connectivity index (χ0) is 11.7. The van der Waals surface area contributed by atoms with Crippen molar-refractivity contribution in [1.82, 2.24) is 0 Å². The molecule has 0 spiro atoms. The van der Waals surface area contributed by atoms with Crippen LogP contribution in [-0.4, -0.2) is 0 Å². The fraction of sp³-hybridized carbons (Fsp3) is 0.250. The highest BCUT2D eigenvalue weighted by Crippen LogP contribution is 2.27. The van der Waals surface area contributed by atoms with Gasteiger partial charge in [-0.2, -0.15) is 0 Å². The van der Waals surface area contributed by atoms with E-state index in [1.807, 2.05) is 0 Å². The van der Waals surface area contributed by atoms with E-state index >= 15 is 0 Å². The van der Waals surface area contributed by atoms with Crippen molar-refractivity contribution in [2.24, 2.45) is 0 Å². The van der Waals surface area contributed by atoms with Crippen molar-refractivity contribution in [3.63, 3.8) is 0 Å². The lowest BCUT2D eigenvalue weighted by atomic mass is 9.94. The molecule has 0 atom stereocenters. The van der Waals surface area contributed by atoms with Crippen LogP contribution in [0.3, 0.4) is 0 Å². The van der Waals surface area contributed by atoms with Gasteiger partial charge >= 0.3 is 0 Å². The van der Waals surface area contributed by atoms with Crippen LogP contribution in [-0.2, 0) is 0 Å². The van der Waals surface area contributed by atoms with E-state index in [9.17, 15) is 0 Å². The predicted molar refractivity (Wildman–Crippen MR) is 72.9 cm³/mol. The molecule has 0 saturated heterocycles. The summed E-state index contributed by atoms with van der Waals surface area (Å²) in [6.07, 6.45) is 4.32. The first-order valence-corrected chi connectivity index (χ1v) is 5.76. The zero-order valence-corrected chi connectivity index (χ0v) is 10.5. The van der Waals surface area contributed by atoms with E-state index in [0.717, 1.165) is 0 Å². The Labute approximate surface area is 97.6 Å². The Kier molecular flexibility index (Phi) is 2.82. The molecule has 0 aromatic heterocycles. The second kappa shape index (κ2) is 4.13. The Morgan fingerprint density at radius 3 is 2.31 bits per heavy atom. The van der Waals surface area contributed by atoms with Crippen molar-refractivity contribution in [3.05, 3.63) is 52.6 Å². The van der Waals surface area contributed by atoms with Crippen molar-refractivity contribution in [1.29, 1.82) is 0 Å². The third-order valence-corrected chi connectivity index (χ3v) is 3.08. The molecular weight excluding hydrogens is 192 g/mol. The van der Waals surface area contributed by atoms with Gasteiger partial charge in [-0.15, -0.1) is 0 Å². The molecule has 0 nitrogen and oxygen atoms in total. The van der Waals surface area contributed by atoms with Crippen LogP contribution in [0, 0.1) is 20.8 Å². The Morgan fingerprint density at radius 1 is 0.875 bits per heavy atom. The number of hydrogen-bond donors (Lipinski definition) is 0. The summed E-state index contributed by atoms with van der Waals surface area (Å²) in [6.45, 7) is 8.59. The molecule has 0 radical (unpaired) electrons. The molecule has 0 heteroatoms. The molecule has 0 bridgehead atoms. The topological polar surface area (TPSA) is 0 Å². The monoisotopic (exact) mass is 210 g/mol. The number of fused-ring (bicyclic) bond motifs is 1. The molecule has 2 aromatic carbocycles. The molecule has 0 amide bonds. The maximum absolute atomic E-state index is 2.28. The van der Waals surface area contributed by atoms with Gasteiger partial charge in [0.05, 0.1) is 0 Å². The van der Waals surface area contributed by atoms with Crippen LogP contribution in [0.2, 0.25) is 0 Å². The minimum absolute atomic E-state index is 1.32. The summed E-state index contributed by atoms with van der Waals surface area (Å²) in [5.41, 5.74) is 5.39. The average Bonchev–Trinajstić information content (AvgIpc) is 2.23. The smallest absolute Gasteiger partial charge is 0.0104 e. The minimum Gasteiger partial charge on any atom is -0.0870 e. The minimum atomic E-state index is 1.32. The molecule has 0 N–H and O–H groups in total. The van der Waals surface area contributed by atoms with Crippen LogP contribution in [0.15, 0.2) is 30.3 Å². The van der Waals surface area contributed by atoms with Gasteiger partial charge in [0.15, 0.2) is 0 Å². The normalized spacial score (nSPS) is 11.5. The van der Waals surface area contributed by atoms with Crippen molar-refractivity contribution in [3.8, 4) is 0 Å². The molecule has 0 heterocycles. The van der Waals surface area contributed by atoms with E-state index in [1.54, 1.807) is 0 Å². The van der Waals surface area contributed by atoms with Crippen LogP contribution < -0.4 is 0 Å². The lowest BCUT2D eigenvalue weighted by molar-refractivity contribution is 1.40. The van der Waals surface area contributed by atoms with Crippen LogP contribution in [0.5, 0.6) is 0 Å². The first kappa shape index (κ1) is 10.9. The molecular formula is C16H18. The van der Waals surface area contributed by atoms with Crippen molar-refractivity contribution in [2.45, 2.75) is 27.7 Å². The van der Waals surface area contributed by atoms with Crippen molar-refractivity contribution < 1.29 is 0 Å². The second-order valence-corrected chi connectivity index (χ2v) is 4.47. The molecule has 2 aromatic rings. The lowest BCUT2D eigenvalue weighted by Gasteiger charge is -2.10. The van der Waals surface area contributed by atoms with Gasteiger partial charge in [0.1, 0.15) is 0 Å². The Morgan fingerprint density at radius 2 is 1.62 bits per heavy atom. The number of benzene rings is 2. The molecule has 0 aliphatic rings. The number of allylic oxidation sites excluding steroid dienone is 1. The summed E-state index contributed by atoms with van der Waals surface area (Å²) >= 11 is 0. The van der Waals surface area contributed by atoms with Gasteiger partial charge in [0.2, 0.25) is 0 Å². The van der Waals surface area contributed by atoms with Gasteiger partial charge in [-0.1, -0.05) is 42.0 Å². The fourth-order valence-corrected chi connectivity index (χ4v) is 2.31. The predicted octanol–water partition coefficient (Wildman–Crippen LogP) is 4.80. The van der Waals surface area contributed by atoms with Crippen molar-refractivity contribution in [2.75, 3.05) is 0 Å². The highest BCUT2D eigenvalue weighted by atomic mass is 14.1. The van der Waals surface area contributed by atoms with Gasteiger partial charge in [-0.25, -0.2) is 0 Å². The summed E-state index contributed by atoms with van der Waals surface area (Å²) in [4.78, 5) is 0. The number of hydrogen-bond acceptors (Lipinski definition) is 0. The summed E-state index contributed by atoms with van der Waals surface area (Å²) in [5, 5.41) is 2.74. The molecule has 0 fully saturated rings. The molecule has 0 unspecified atom stereocenters. The van der Waals surface area contributed by atoms with Gasteiger partial charge in [-0.05, 0) is 55.2 Å². The van der Waals surface area contributed by atoms with Crippen LogP contribution in [0.25, 0.3) is 16.8 Å². The van der Waals surface area contributed by atoms with Crippen LogP contribution in [0.4, 0.5) is 0 Å². The quantitative estimate of drug-likeness (QED) is 0.634. The van der Waals surface area contributed by atoms with Crippen LogP contribution in [0.1, 0.15) is 29.2 Å². The van der Waals surface area contributed by atoms with Gasteiger partial charge in [0.25, 0.3) is 0 Å². The Hall–Kier alpha value is -1.56. The molecule has 0 aliphatic carbocycles. The summed E-state index contributed by atoms with van der Waals surface area (Å²) < 4.78 is 0. The zero-order valence-electron chi connectivity index (χ0n) is 10.5. The van der Waals surface area contributed by atoms with E-state index in [4.69, 9.17) is 0 Å². The van der Waals surface area contributed by atoms with E-state index in [0.29, 0.717) is 0 Å². The highest BCUT2D eigenvalue weighted by Gasteiger charge is 2.05. The fourth-order valence-electron chi connectivity index (χ4n) is 2.31. The molecule has 2 rings (SSSR count).